The van der Waals surface area contributed by atoms with Crippen molar-refractivity contribution in [3.8, 4) is 0 Å². The van der Waals surface area contributed by atoms with E-state index in [1.165, 1.54) is 30.5 Å². The van der Waals surface area contributed by atoms with E-state index in [1.54, 1.807) is 48.8 Å². The molecule has 1 N–H and O–H groups in total. The number of benzene rings is 2. The molecule has 0 saturated heterocycles. The van der Waals surface area contributed by atoms with Gasteiger partial charge in [0.25, 0.3) is 5.91 Å². The lowest BCUT2D eigenvalue weighted by atomic mass is 10.2. The Morgan fingerprint density at radius 2 is 1.84 bits per heavy atom. The number of carbonyl (C=O) groups excluding carboxylic acids is 1. The quantitative estimate of drug-likeness (QED) is 0.396. The first-order valence-corrected chi connectivity index (χ1v) is 11.3. The van der Waals surface area contributed by atoms with Crippen molar-refractivity contribution in [3.63, 3.8) is 0 Å². The molecular formula is C21H18Cl2N4O3S. The molecule has 1 amide bonds. The molecule has 1 aromatic heterocycles. The maximum Gasteiger partial charge on any atom is 0.255 e. The van der Waals surface area contributed by atoms with Crippen molar-refractivity contribution in [2.75, 3.05) is 6.54 Å². The van der Waals surface area contributed by atoms with Crippen LogP contribution in [0.3, 0.4) is 0 Å². The Bertz CT molecular complexity index is 1170. The fourth-order valence-corrected chi connectivity index (χ4v) is 4.37. The Kier molecular flexibility index (Phi) is 7.75. The van der Waals surface area contributed by atoms with Crippen LogP contribution in [0.15, 0.2) is 83.1 Å². The molecule has 0 bridgehead atoms. The van der Waals surface area contributed by atoms with Gasteiger partial charge in [-0.05, 0) is 48.0 Å². The zero-order valence-corrected chi connectivity index (χ0v) is 18.5. The summed E-state index contributed by atoms with van der Waals surface area (Å²) in [6.07, 6.45) is 4.61. The molecule has 0 atom stereocenters. The van der Waals surface area contributed by atoms with Gasteiger partial charge in [-0.15, -0.1) is 0 Å². The molecule has 31 heavy (non-hydrogen) atoms. The first kappa shape index (κ1) is 22.9. The summed E-state index contributed by atoms with van der Waals surface area (Å²) in [5.41, 5.74) is 3.66. The van der Waals surface area contributed by atoms with Gasteiger partial charge in [0.2, 0.25) is 10.0 Å². The van der Waals surface area contributed by atoms with Gasteiger partial charge in [0.15, 0.2) is 0 Å². The van der Waals surface area contributed by atoms with E-state index in [0.29, 0.717) is 21.2 Å². The lowest BCUT2D eigenvalue weighted by molar-refractivity contribution is -0.121. The number of hydrogen-bond acceptors (Lipinski definition) is 5. The Balaban J connectivity index is 1.80. The third-order valence-electron chi connectivity index (χ3n) is 4.11. The summed E-state index contributed by atoms with van der Waals surface area (Å²) in [6, 6.07) is 16.0. The number of nitrogens with zero attached hydrogens (tertiary/aromatic N) is 3. The van der Waals surface area contributed by atoms with Crippen LogP contribution < -0.4 is 5.43 Å². The van der Waals surface area contributed by atoms with Crippen molar-refractivity contribution < 1.29 is 13.2 Å². The van der Waals surface area contributed by atoms with Crippen LogP contribution >= 0.6 is 23.2 Å². The monoisotopic (exact) mass is 476 g/mol. The summed E-state index contributed by atoms with van der Waals surface area (Å²) in [5, 5.41) is 4.73. The molecule has 160 valence electrons. The number of pyridine rings is 1. The number of halogens is 2. The number of rotatable bonds is 8. The van der Waals surface area contributed by atoms with E-state index in [1.807, 2.05) is 0 Å². The summed E-state index contributed by atoms with van der Waals surface area (Å²) < 4.78 is 27.4. The predicted octanol–water partition coefficient (Wildman–Crippen LogP) is 3.73. The Morgan fingerprint density at radius 1 is 1.06 bits per heavy atom. The van der Waals surface area contributed by atoms with Crippen molar-refractivity contribution in [2.45, 2.75) is 11.4 Å². The number of hydrazone groups is 1. The van der Waals surface area contributed by atoms with Gasteiger partial charge < -0.3 is 0 Å². The van der Waals surface area contributed by atoms with Crippen LogP contribution in [-0.2, 0) is 21.4 Å². The zero-order valence-electron chi connectivity index (χ0n) is 16.2. The number of hydrogen-bond donors (Lipinski definition) is 1. The van der Waals surface area contributed by atoms with Gasteiger partial charge in [-0.1, -0.05) is 41.4 Å². The van der Waals surface area contributed by atoms with E-state index < -0.39 is 22.5 Å². The van der Waals surface area contributed by atoms with E-state index in [0.717, 1.165) is 4.31 Å². The summed E-state index contributed by atoms with van der Waals surface area (Å²) in [5.74, 6) is -0.597. The number of nitrogens with one attached hydrogen (secondary N) is 1. The van der Waals surface area contributed by atoms with E-state index >= 15 is 0 Å². The van der Waals surface area contributed by atoms with Gasteiger partial charge in [-0.3, -0.25) is 9.78 Å². The number of carbonyl (C=O) groups is 1. The van der Waals surface area contributed by atoms with Crippen LogP contribution in [0.25, 0.3) is 0 Å². The third kappa shape index (κ3) is 6.60. The SMILES string of the molecule is O=C(CN(Cc1cccc(Cl)c1)S(=O)(=O)c1ccc(Cl)cc1)N/N=C\c1cccnc1. The van der Waals surface area contributed by atoms with Crippen LogP contribution in [0.2, 0.25) is 10.0 Å². The average molecular weight is 477 g/mol. The Hall–Kier alpha value is -2.78. The normalized spacial score (nSPS) is 11.7. The fraction of sp³-hybridized carbons (Fsp3) is 0.0952. The highest BCUT2D eigenvalue weighted by Crippen LogP contribution is 2.21. The van der Waals surface area contributed by atoms with Gasteiger partial charge in [0.1, 0.15) is 0 Å². The Morgan fingerprint density at radius 3 is 2.52 bits per heavy atom. The van der Waals surface area contributed by atoms with Crippen molar-refractivity contribution in [2.24, 2.45) is 5.10 Å². The summed E-state index contributed by atoms with van der Waals surface area (Å²) in [4.78, 5) is 16.4. The third-order valence-corrected chi connectivity index (χ3v) is 6.40. The second-order valence-electron chi connectivity index (χ2n) is 6.44. The molecule has 10 heteroatoms. The highest BCUT2D eigenvalue weighted by atomic mass is 35.5. The van der Waals surface area contributed by atoms with Gasteiger partial charge in [0, 0.05) is 34.5 Å². The summed E-state index contributed by atoms with van der Waals surface area (Å²) >= 11 is 11.9. The number of sulfonamides is 1. The highest BCUT2D eigenvalue weighted by molar-refractivity contribution is 7.89. The lowest BCUT2D eigenvalue weighted by Crippen LogP contribution is -2.39. The minimum atomic E-state index is -3.99. The van der Waals surface area contributed by atoms with Gasteiger partial charge in [-0.25, -0.2) is 13.8 Å². The molecule has 0 spiro atoms. The standard InChI is InChI=1S/C21H18Cl2N4O3S/c22-18-6-8-20(9-7-18)31(29,30)27(14-16-3-1-5-19(23)11-16)15-21(28)26-25-13-17-4-2-10-24-12-17/h1-13H,14-15H2,(H,26,28)/b25-13-. The molecule has 0 aliphatic carbocycles. The lowest BCUT2D eigenvalue weighted by Gasteiger charge is -2.21. The average Bonchev–Trinajstić information content (AvgIpc) is 2.74. The molecule has 3 aromatic rings. The minimum Gasteiger partial charge on any atom is -0.272 e. The molecule has 0 aliphatic heterocycles. The molecule has 0 radical (unpaired) electrons. The maximum atomic E-state index is 13.2. The second-order valence-corrected chi connectivity index (χ2v) is 9.25. The summed E-state index contributed by atoms with van der Waals surface area (Å²) in [7, 11) is -3.99. The van der Waals surface area contributed by atoms with Crippen molar-refractivity contribution in [3.05, 3.63) is 94.2 Å². The molecular weight excluding hydrogens is 459 g/mol. The molecule has 0 unspecified atom stereocenters. The van der Waals surface area contributed by atoms with Crippen molar-refractivity contribution in [1.29, 1.82) is 0 Å². The minimum absolute atomic E-state index is 0.0191. The smallest absolute Gasteiger partial charge is 0.255 e. The molecule has 0 aliphatic rings. The first-order valence-electron chi connectivity index (χ1n) is 9.07. The van der Waals surface area contributed by atoms with Crippen molar-refractivity contribution >= 4 is 45.3 Å². The zero-order chi connectivity index (χ0) is 22.3. The van der Waals surface area contributed by atoms with Crippen LogP contribution in [0.5, 0.6) is 0 Å². The molecule has 3 rings (SSSR count). The van der Waals surface area contributed by atoms with Gasteiger partial charge >= 0.3 is 0 Å². The molecule has 1 heterocycles. The predicted molar refractivity (Wildman–Crippen MR) is 120 cm³/mol. The number of amides is 1. The summed E-state index contributed by atoms with van der Waals surface area (Å²) in [6.45, 7) is -0.493. The van der Waals surface area contributed by atoms with Crippen molar-refractivity contribution in [1.82, 2.24) is 14.7 Å². The molecule has 7 nitrogen and oxygen atoms in total. The van der Waals surface area contributed by atoms with Gasteiger partial charge in [-0.2, -0.15) is 9.41 Å². The largest absolute Gasteiger partial charge is 0.272 e. The molecule has 0 saturated carbocycles. The highest BCUT2D eigenvalue weighted by Gasteiger charge is 2.27. The van der Waals surface area contributed by atoms with Gasteiger partial charge in [0.05, 0.1) is 17.7 Å². The van der Waals surface area contributed by atoms with E-state index in [9.17, 15) is 13.2 Å². The first-order chi connectivity index (χ1) is 14.8. The van der Waals surface area contributed by atoms with E-state index in [4.69, 9.17) is 23.2 Å². The van der Waals surface area contributed by atoms with Crippen LogP contribution in [0.1, 0.15) is 11.1 Å². The molecule has 0 fully saturated rings. The maximum absolute atomic E-state index is 13.2. The van der Waals surface area contributed by atoms with E-state index in [-0.39, 0.29) is 11.4 Å². The Labute approximate surface area is 190 Å². The number of aromatic nitrogens is 1. The second kappa shape index (κ2) is 10.5. The topological polar surface area (TPSA) is 91.7 Å². The van der Waals surface area contributed by atoms with E-state index in [2.05, 4.69) is 15.5 Å². The fourth-order valence-electron chi connectivity index (χ4n) is 2.65. The molecule has 2 aromatic carbocycles. The van der Waals surface area contributed by atoms with Crippen LogP contribution in [-0.4, -0.2) is 36.4 Å². The van der Waals surface area contributed by atoms with Crippen LogP contribution in [0, 0.1) is 0 Å². The van der Waals surface area contributed by atoms with Crippen LogP contribution in [0.4, 0.5) is 0 Å².